The zero-order chi connectivity index (χ0) is 11.0. The number of hydrogen-bond acceptors (Lipinski definition) is 2. The van der Waals surface area contributed by atoms with Gasteiger partial charge in [-0.2, -0.15) is 0 Å². The van der Waals surface area contributed by atoms with Crippen LogP contribution in [0.5, 0.6) is 5.75 Å². The van der Waals surface area contributed by atoms with Crippen LogP contribution in [-0.4, -0.2) is 4.98 Å². The van der Waals surface area contributed by atoms with Crippen LogP contribution in [-0.2, 0) is 13.0 Å². The van der Waals surface area contributed by atoms with Crippen LogP contribution < -0.4 is 4.74 Å². The lowest BCUT2D eigenvalue weighted by molar-refractivity contribution is 0.306. The Bertz CT molecular complexity index is 534. The summed E-state index contributed by atoms with van der Waals surface area (Å²) in [5.41, 5.74) is 4.78. The lowest BCUT2D eigenvalue weighted by atomic mass is 10.0. The predicted molar refractivity (Wildman–Crippen MR) is 62.6 cm³/mol. The van der Waals surface area contributed by atoms with Crippen molar-refractivity contribution in [3.63, 3.8) is 0 Å². The van der Waals surface area contributed by atoms with Gasteiger partial charge in [-0.05, 0) is 24.6 Å². The van der Waals surface area contributed by atoms with Gasteiger partial charge in [-0.1, -0.05) is 18.2 Å². The summed E-state index contributed by atoms with van der Waals surface area (Å²) in [5, 5.41) is 0. The Labute approximate surface area is 94.9 Å². The quantitative estimate of drug-likeness (QED) is 0.668. The largest absolute Gasteiger partial charge is 0.489 e. The fourth-order valence-corrected chi connectivity index (χ4v) is 2.04. The van der Waals surface area contributed by atoms with Crippen LogP contribution in [0.25, 0.3) is 0 Å². The van der Waals surface area contributed by atoms with Gasteiger partial charge in [0.1, 0.15) is 12.4 Å². The van der Waals surface area contributed by atoms with Gasteiger partial charge >= 0.3 is 0 Å². The van der Waals surface area contributed by atoms with Gasteiger partial charge in [0.05, 0.1) is 5.69 Å². The molecular weight excluding hydrogens is 198 g/mol. The monoisotopic (exact) mass is 211 g/mol. The summed E-state index contributed by atoms with van der Waals surface area (Å²) in [6.07, 6.45) is 2.71. The molecule has 0 radical (unpaired) electrons. The molecule has 1 aliphatic heterocycles. The number of aromatic nitrogens is 1. The molecule has 2 heterocycles. The van der Waals surface area contributed by atoms with E-state index >= 15 is 0 Å². The molecule has 0 atom stereocenters. The summed E-state index contributed by atoms with van der Waals surface area (Å²) in [6.45, 7) is 2.71. The zero-order valence-corrected chi connectivity index (χ0v) is 9.23. The predicted octanol–water partition coefficient (Wildman–Crippen LogP) is 2.87. The third-order valence-electron chi connectivity index (χ3n) is 2.95. The molecule has 2 nitrogen and oxygen atoms in total. The molecule has 16 heavy (non-hydrogen) atoms. The van der Waals surface area contributed by atoms with Crippen LogP contribution in [0.15, 0.2) is 36.5 Å². The Hall–Kier alpha value is -1.83. The number of aryl methyl sites for hydroxylation is 1. The number of nitrogens with zero attached hydrogens (tertiary/aromatic N) is 1. The van der Waals surface area contributed by atoms with Gasteiger partial charge in [0.15, 0.2) is 0 Å². The van der Waals surface area contributed by atoms with Crippen molar-refractivity contribution in [1.82, 2.24) is 4.98 Å². The van der Waals surface area contributed by atoms with E-state index in [9.17, 15) is 0 Å². The molecular formula is C14H13NO. The van der Waals surface area contributed by atoms with Gasteiger partial charge in [-0.25, -0.2) is 0 Å². The van der Waals surface area contributed by atoms with Crippen molar-refractivity contribution in [3.05, 3.63) is 58.9 Å². The number of fused-ring (bicyclic) bond motifs is 2. The average molecular weight is 211 g/mol. The van der Waals surface area contributed by atoms with Gasteiger partial charge in [0.2, 0.25) is 0 Å². The fraction of sp³-hybridized carbons (Fsp3) is 0.214. The summed E-state index contributed by atoms with van der Waals surface area (Å²) >= 11 is 0. The van der Waals surface area contributed by atoms with E-state index in [1.165, 1.54) is 16.7 Å². The molecule has 0 fully saturated rings. The van der Waals surface area contributed by atoms with Crippen molar-refractivity contribution in [1.29, 1.82) is 0 Å². The Morgan fingerprint density at radius 2 is 2.12 bits per heavy atom. The molecule has 0 N–H and O–H groups in total. The highest BCUT2D eigenvalue weighted by molar-refractivity contribution is 5.42. The molecule has 2 heteroatoms. The van der Waals surface area contributed by atoms with Crippen molar-refractivity contribution in [2.24, 2.45) is 0 Å². The molecule has 0 aliphatic carbocycles. The normalized spacial score (nSPS) is 13.3. The number of ether oxygens (including phenoxy) is 1. The lowest BCUT2D eigenvalue weighted by Crippen LogP contribution is -1.97. The Balaban J connectivity index is 2.08. The Morgan fingerprint density at radius 1 is 1.19 bits per heavy atom. The second-order valence-corrected chi connectivity index (χ2v) is 4.19. The third-order valence-corrected chi connectivity index (χ3v) is 2.95. The van der Waals surface area contributed by atoms with Crippen molar-refractivity contribution in [2.45, 2.75) is 20.0 Å². The maximum atomic E-state index is 5.82. The maximum absolute atomic E-state index is 5.82. The number of pyridine rings is 1. The number of hydrogen-bond donors (Lipinski definition) is 0. The first-order valence-electron chi connectivity index (χ1n) is 5.48. The third kappa shape index (κ3) is 1.56. The van der Waals surface area contributed by atoms with Crippen molar-refractivity contribution >= 4 is 0 Å². The highest BCUT2D eigenvalue weighted by atomic mass is 16.5. The summed E-state index contributed by atoms with van der Waals surface area (Å²) in [7, 11) is 0. The van der Waals surface area contributed by atoms with Crippen LogP contribution in [0.3, 0.4) is 0 Å². The number of benzene rings is 1. The molecule has 1 aliphatic rings. The van der Waals surface area contributed by atoms with Crippen LogP contribution in [0.4, 0.5) is 0 Å². The van der Waals surface area contributed by atoms with Gasteiger partial charge in [0, 0.05) is 23.7 Å². The van der Waals surface area contributed by atoms with Gasteiger partial charge in [-0.3, -0.25) is 4.98 Å². The summed E-state index contributed by atoms with van der Waals surface area (Å²) in [6, 6.07) is 10.4. The second-order valence-electron chi connectivity index (χ2n) is 4.19. The number of rotatable bonds is 0. The first-order chi connectivity index (χ1) is 7.83. The van der Waals surface area contributed by atoms with E-state index in [1.54, 1.807) is 0 Å². The zero-order valence-electron chi connectivity index (χ0n) is 9.23. The maximum Gasteiger partial charge on any atom is 0.123 e. The van der Waals surface area contributed by atoms with Gasteiger partial charge in [-0.15, -0.1) is 0 Å². The molecule has 0 unspecified atom stereocenters. The molecule has 0 bridgehead atoms. The van der Waals surface area contributed by atoms with E-state index in [4.69, 9.17) is 4.74 Å². The fourth-order valence-electron chi connectivity index (χ4n) is 2.04. The summed E-state index contributed by atoms with van der Waals surface area (Å²) in [4.78, 5) is 4.42. The first kappa shape index (κ1) is 9.40. The minimum atomic E-state index is 0.625. The molecule has 1 aromatic carbocycles. The first-order valence-corrected chi connectivity index (χ1v) is 5.48. The highest BCUT2D eigenvalue weighted by Crippen LogP contribution is 2.27. The highest BCUT2D eigenvalue weighted by Gasteiger charge is 2.14. The SMILES string of the molecule is Cc1ccc2c(c1)OCc1cccnc1C2. The van der Waals surface area contributed by atoms with E-state index in [0.717, 1.165) is 17.9 Å². The van der Waals surface area contributed by atoms with E-state index in [0.29, 0.717) is 6.61 Å². The van der Waals surface area contributed by atoms with Crippen LogP contribution >= 0.6 is 0 Å². The van der Waals surface area contributed by atoms with Crippen molar-refractivity contribution in [3.8, 4) is 5.75 Å². The average Bonchev–Trinajstić information content (AvgIpc) is 2.48. The van der Waals surface area contributed by atoms with Crippen LogP contribution in [0, 0.1) is 6.92 Å². The Kier molecular flexibility index (Phi) is 2.13. The second kappa shape index (κ2) is 3.63. The van der Waals surface area contributed by atoms with Gasteiger partial charge in [0.25, 0.3) is 0 Å². The minimum absolute atomic E-state index is 0.625. The van der Waals surface area contributed by atoms with Crippen LogP contribution in [0.1, 0.15) is 22.4 Å². The van der Waals surface area contributed by atoms with E-state index in [2.05, 4.69) is 36.2 Å². The summed E-state index contributed by atoms with van der Waals surface area (Å²) < 4.78 is 5.82. The van der Waals surface area contributed by atoms with Crippen molar-refractivity contribution in [2.75, 3.05) is 0 Å². The van der Waals surface area contributed by atoms with Crippen molar-refractivity contribution < 1.29 is 4.74 Å². The standard InChI is InChI=1S/C14H13NO/c1-10-4-5-11-8-13-12(3-2-6-15-13)9-16-14(11)7-10/h2-7H,8-9H2,1H3. The van der Waals surface area contributed by atoms with Gasteiger partial charge < -0.3 is 4.74 Å². The Morgan fingerprint density at radius 3 is 3.06 bits per heavy atom. The molecule has 1 aromatic heterocycles. The molecule has 0 saturated heterocycles. The van der Waals surface area contributed by atoms with E-state index in [1.807, 2.05) is 12.3 Å². The topological polar surface area (TPSA) is 22.1 Å². The molecule has 0 amide bonds. The lowest BCUT2D eigenvalue weighted by Gasteiger charge is -2.06. The molecule has 3 rings (SSSR count). The summed E-state index contributed by atoms with van der Waals surface area (Å²) in [5.74, 6) is 0.998. The minimum Gasteiger partial charge on any atom is -0.489 e. The van der Waals surface area contributed by atoms with E-state index < -0.39 is 0 Å². The molecule has 2 aromatic rings. The molecule has 0 saturated carbocycles. The van der Waals surface area contributed by atoms with Crippen LogP contribution in [0.2, 0.25) is 0 Å². The molecule has 0 spiro atoms. The molecule has 80 valence electrons. The smallest absolute Gasteiger partial charge is 0.123 e. The van der Waals surface area contributed by atoms with E-state index in [-0.39, 0.29) is 0 Å².